The van der Waals surface area contributed by atoms with Gasteiger partial charge in [-0.25, -0.2) is 0 Å². The average Bonchev–Trinajstić information content (AvgIpc) is 3.05. The van der Waals surface area contributed by atoms with E-state index < -0.39 is 0 Å². The molecular formula is C17H21N3O3. The van der Waals surface area contributed by atoms with Gasteiger partial charge in [0.25, 0.3) is 5.91 Å². The molecule has 0 N–H and O–H groups in total. The summed E-state index contributed by atoms with van der Waals surface area (Å²) in [6, 6.07) is 7.56. The average molecular weight is 315 g/mol. The number of furan rings is 1. The molecule has 0 radical (unpaired) electrons. The summed E-state index contributed by atoms with van der Waals surface area (Å²) in [6.45, 7) is 4.42. The second kappa shape index (κ2) is 7.39. The highest BCUT2D eigenvalue weighted by Crippen LogP contribution is 2.14. The number of carbonyl (C=O) groups is 1. The molecule has 1 saturated heterocycles. The lowest BCUT2D eigenvalue weighted by Gasteiger charge is -2.34. The van der Waals surface area contributed by atoms with Crippen LogP contribution < -0.4 is 0 Å². The van der Waals surface area contributed by atoms with Gasteiger partial charge in [-0.3, -0.25) is 14.7 Å². The van der Waals surface area contributed by atoms with Gasteiger partial charge >= 0.3 is 0 Å². The van der Waals surface area contributed by atoms with Crippen LogP contribution in [0, 0.1) is 0 Å². The van der Waals surface area contributed by atoms with Gasteiger partial charge in [0.05, 0.1) is 0 Å². The normalized spacial score (nSPS) is 15.8. The van der Waals surface area contributed by atoms with E-state index in [-0.39, 0.29) is 5.91 Å². The van der Waals surface area contributed by atoms with Crippen molar-refractivity contribution in [3.63, 3.8) is 0 Å². The molecule has 1 fully saturated rings. The quantitative estimate of drug-likeness (QED) is 0.842. The second-order valence-electron chi connectivity index (χ2n) is 5.62. The van der Waals surface area contributed by atoms with E-state index in [2.05, 4.69) is 9.88 Å². The lowest BCUT2D eigenvalue weighted by molar-refractivity contribution is 0.0591. The first-order valence-corrected chi connectivity index (χ1v) is 7.74. The maximum absolute atomic E-state index is 12.4. The number of methoxy groups -OCH3 is 1. The third kappa shape index (κ3) is 3.97. The molecular weight excluding hydrogens is 294 g/mol. The molecule has 0 spiro atoms. The molecule has 3 heterocycles. The van der Waals surface area contributed by atoms with Crippen LogP contribution in [0.3, 0.4) is 0 Å². The molecule has 0 atom stereocenters. The number of nitrogens with zero attached hydrogens (tertiary/aromatic N) is 3. The van der Waals surface area contributed by atoms with Gasteiger partial charge < -0.3 is 14.1 Å². The van der Waals surface area contributed by atoms with Gasteiger partial charge in [0.2, 0.25) is 0 Å². The van der Waals surface area contributed by atoms with E-state index in [1.807, 2.05) is 29.4 Å². The first-order chi connectivity index (χ1) is 11.3. The minimum atomic E-state index is -0.0454. The Labute approximate surface area is 135 Å². The van der Waals surface area contributed by atoms with Crippen LogP contribution in [0.4, 0.5) is 0 Å². The predicted octanol–water partition coefficient (Wildman–Crippen LogP) is 1.78. The summed E-state index contributed by atoms with van der Waals surface area (Å²) >= 11 is 0. The lowest BCUT2D eigenvalue weighted by Crippen LogP contribution is -2.48. The van der Waals surface area contributed by atoms with Crippen LogP contribution in [-0.2, 0) is 17.9 Å². The van der Waals surface area contributed by atoms with Crippen molar-refractivity contribution in [1.82, 2.24) is 14.8 Å². The van der Waals surface area contributed by atoms with Crippen molar-refractivity contribution >= 4 is 5.91 Å². The standard InChI is InChI=1S/C17H21N3O3/c1-22-13-15-2-3-16(23-15)17(21)20-10-8-19(9-11-20)12-14-4-6-18-7-5-14/h2-7H,8-13H2,1H3. The largest absolute Gasteiger partial charge is 0.453 e. The number of amides is 1. The number of rotatable bonds is 5. The molecule has 6 nitrogen and oxygen atoms in total. The topological polar surface area (TPSA) is 58.8 Å². The molecule has 0 aromatic carbocycles. The number of aromatic nitrogens is 1. The van der Waals surface area contributed by atoms with E-state index in [9.17, 15) is 4.79 Å². The zero-order valence-electron chi connectivity index (χ0n) is 13.3. The van der Waals surface area contributed by atoms with Gasteiger partial charge in [-0.1, -0.05) is 0 Å². The molecule has 23 heavy (non-hydrogen) atoms. The van der Waals surface area contributed by atoms with E-state index >= 15 is 0 Å². The number of hydrogen-bond donors (Lipinski definition) is 0. The van der Waals surface area contributed by atoms with Gasteiger partial charge in [0.1, 0.15) is 12.4 Å². The fraction of sp³-hybridized carbons (Fsp3) is 0.412. The third-order valence-corrected chi connectivity index (χ3v) is 3.97. The summed E-state index contributed by atoms with van der Waals surface area (Å²) in [5.41, 5.74) is 1.25. The van der Waals surface area contributed by atoms with Crippen molar-refractivity contribution in [1.29, 1.82) is 0 Å². The van der Waals surface area contributed by atoms with Crippen LogP contribution in [-0.4, -0.2) is 54.0 Å². The van der Waals surface area contributed by atoms with Crippen LogP contribution in [0.15, 0.2) is 41.1 Å². The van der Waals surface area contributed by atoms with Gasteiger partial charge in [-0.2, -0.15) is 0 Å². The van der Waals surface area contributed by atoms with Gasteiger partial charge in [-0.15, -0.1) is 0 Å². The number of hydrogen-bond acceptors (Lipinski definition) is 5. The van der Waals surface area contributed by atoms with Crippen LogP contribution in [0.5, 0.6) is 0 Å². The first-order valence-electron chi connectivity index (χ1n) is 7.74. The molecule has 0 unspecified atom stereocenters. The van der Waals surface area contributed by atoms with E-state index in [1.165, 1.54) is 5.56 Å². The Balaban J connectivity index is 1.52. The monoisotopic (exact) mass is 315 g/mol. The fourth-order valence-corrected chi connectivity index (χ4v) is 2.72. The van der Waals surface area contributed by atoms with Crippen LogP contribution in [0.2, 0.25) is 0 Å². The van der Waals surface area contributed by atoms with E-state index in [1.54, 1.807) is 19.2 Å². The molecule has 2 aromatic rings. The Morgan fingerprint density at radius 2 is 1.91 bits per heavy atom. The van der Waals surface area contributed by atoms with E-state index in [0.717, 1.165) is 19.6 Å². The Bertz CT molecular complexity index is 634. The summed E-state index contributed by atoms with van der Waals surface area (Å²) in [4.78, 5) is 20.7. The summed E-state index contributed by atoms with van der Waals surface area (Å²) in [5, 5.41) is 0. The maximum atomic E-state index is 12.4. The van der Waals surface area contributed by atoms with Gasteiger partial charge in [-0.05, 0) is 29.8 Å². The zero-order chi connectivity index (χ0) is 16.1. The van der Waals surface area contributed by atoms with Crippen molar-refractivity contribution in [3.8, 4) is 0 Å². The summed E-state index contributed by atoms with van der Waals surface area (Å²) in [6.07, 6.45) is 3.62. The molecule has 1 aliphatic rings. The summed E-state index contributed by atoms with van der Waals surface area (Å²) in [7, 11) is 1.60. The molecule has 122 valence electrons. The molecule has 1 amide bonds. The Morgan fingerprint density at radius 3 is 2.61 bits per heavy atom. The molecule has 6 heteroatoms. The zero-order valence-corrected chi connectivity index (χ0v) is 13.3. The molecule has 1 aliphatic heterocycles. The Kier molecular flexibility index (Phi) is 5.05. The van der Waals surface area contributed by atoms with Crippen molar-refractivity contribution in [2.45, 2.75) is 13.2 Å². The van der Waals surface area contributed by atoms with Gasteiger partial charge in [0, 0.05) is 52.2 Å². The van der Waals surface area contributed by atoms with E-state index in [0.29, 0.717) is 31.2 Å². The number of piperazine rings is 1. The smallest absolute Gasteiger partial charge is 0.289 e. The van der Waals surface area contributed by atoms with Crippen LogP contribution in [0.1, 0.15) is 21.9 Å². The highest BCUT2D eigenvalue weighted by molar-refractivity contribution is 5.91. The van der Waals surface area contributed by atoms with Crippen molar-refractivity contribution in [2.24, 2.45) is 0 Å². The molecule has 0 saturated carbocycles. The number of carbonyl (C=O) groups excluding carboxylic acids is 1. The highest BCUT2D eigenvalue weighted by atomic mass is 16.5. The SMILES string of the molecule is COCc1ccc(C(=O)N2CCN(Cc3ccncc3)CC2)o1. The van der Waals surface area contributed by atoms with Gasteiger partial charge in [0.15, 0.2) is 5.76 Å². The third-order valence-electron chi connectivity index (χ3n) is 3.97. The van der Waals surface area contributed by atoms with Crippen LogP contribution >= 0.6 is 0 Å². The second-order valence-corrected chi connectivity index (χ2v) is 5.62. The highest BCUT2D eigenvalue weighted by Gasteiger charge is 2.24. The fourth-order valence-electron chi connectivity index (χ4n) is 2.72. The lowest BCUT2D eigenvalue weighted by atomic mass is 10.2. The first kappa shape index (κ1) is 15.7. The predicted molar refractivity (Wildman–Crippen MR) is 84.8 cm³/mol. The summed E-state index contributed by atoms with van der Waals surface area (Å²) in [5.74, 6) is 1.02. The molecule has 0 aliphatic carbocycles. The minimum Gasteiger partial charge on any atom is -0.453 e. The number of ether oxygens (including phenoxy) is 1. The van der Waals surface area contributed by atoms with Crippen molar-refractivity contribution in [3.05, 3.63) is 53.7 Å². The summed E-state index contributed by atoms with van der Waals surface area (Å²) < 4.78 is 10.5. The molecule has 0 bridgehead atoms. The number of pyridine rings is 1. The molecule has 3 rings (SSSR count). The Morgan fingerprint density at radius 1 is 1.17 bits per heavy atom. The maximum Gasteiger partial charge on any atom is 0.289 e. The van der Waals surface area contributed by atoms with Crippen LogP contribution in [0.25, 0.3) is 0 Å². The molecule has 2 aromatic heterocycles. The Hall–Kier alpha value is -2.18. The van der Waals surface area contributed by atoms with Crippen molar-refractivity contribution in [2.75, 3.05) is 33.3 Å². The minimum absolute atomic E-state index is 0.0454. The van der Waals surface area contributed by atoms with E-state index in [4.69, 9.17) is 9.15 Å². The van der Waals surface area contributed by atoms with Crippen molar-refractivity contribution < 1.29 is 13.9 Å².